The van der Waals surface area contributed by atoms with Crippen molar-refractivity contribution in [3.05, 3.63) is 0 Å². The molecule has 72 valence electrons. The minimum atomic E-state index is -0.145. The summed E-state index contributed by atoms with van der Waals surface area (Å²) in [6, 6.07) is -0.110. The van der Waals surface area contributed by atoms with Crippen LogP contribution in [-0.4, -0.2) is 25.2 Å². The first-order chi connectivity index (χ1) is 5.57. The van der Waals surface area contributed by atoms with E-state index in [4.69, 9.17) is 5.73 Å². The predicted molar refractivity (Wildman–Crippen MR) is 49.9 cm³/mol. The predicted octanol–water partition coefficient (Wildman–Crippen LogP) is 0.289. The molecule has 0 saturated carbocycles. The lowest BCUT2D eigenvalue weighted by Gasteiger charge is -2.15. The third-order valence-corrected chi connectivity index (χ3v) is 1.69. The van der Waals surface area contributed by atoms with Gasteiger partial charge in [-0.05, 0) is 12.8 Å². The Bertz CT molecular complexity index is 136. The van der Waals surface area contributed by atoms with Gasteiger partial charge in [0.1, 0.15) is 0 Å². The van der Waals surface area contributed by atoms with Crippen LogP contribution < -0.4 is 16.4 Å². The summed E-state index contributed by atoms with van der Waals surface area (Å²) in [5.41, 5.74) is 5.72. The highest BCUT2D eigenvalue weighted by atomic mass is 16.2. The Morgan fingerprint density at radius 1 is 1.42 bits per heavy atom. The van der Waals surface area contributed by atoms with Crippen LogP contribution in [0.5, 0.6) is 0 Å². The van der Waals surface area contributed by atoms with Crippen molar-refractivity contribution < 1.29 is 4.79 Å². The molecule has 0 aromatic carbocycles. The first kappa shape index (κ1) is 11.2. The van der Waals surface area contributed by atoms with Crippen molar-refractivity contribution in [1.82, 2.24) is 10.6 Å². The fraction of sp³-hybridized carbons (Fsp3) is 0.875. The minimum absolute atomic E-state index is 0.0348. The minimum Gasteiger partial charge on any atom is -0.338 e. The molecular weight excluding hydrogens is 154 g/mol. The Hall–Kier alpha value is -0.770. The van der Waals surface area contributed by atoms with E-state index in [9.17, 15) is 4.79 Å². The molecule has 0 rings (SSSR count). The van der Waals surface area contributed by atoms with Crippen molar-refractivity contribution in [3.8, 4) is 0 Å². The molecule has 0 aliphatic heterocycles. The van der Waals surface area contributed by atoms with Crippen molar-refractivity contribution in [3.63, 3.8) is 0 Å². The Morgan fingerprint density at radius 2 is 2.00 bits per heavy atom. The molecule has 0 saturated heterocycles. The number of urea groups is 1. The first-order valence-corrected chi connectivity index (χ1v) is 4.35. The Balaban J connectivity index is 3.47. The highest BCUT2D eigenvalue weighted by Gasteiger charge is 2.07. The van der Waals surface area contributed by atoms with Crippen LogP contribution >= 0.6 is 0 Å². The molecule has 1 unspecified atom stereocenters. The number of nitrogens with one attached hydrogen (secondary N) is 2. The monoisotopic (exact) mass is 173 g/mol. The van der Waals surface area contributed by atoms with Crippen LogP contribution in [0.3, 0.4) is 0 Å². The summed E-state index contributed by atoms with van der Waals surface area (Å²) >= 11 is 0. The standard InChI is InChI=1S/C8H19N3O/c1-4-10-8(12)11-5-7(9)6(2)3/h6-7H,4-5,9H2,1-3H3,(H2,10,11,12). The zero-order chi connectivity index (χ0) is 9.56. The number of carbonyl (C=O) groups excluding carboxylic acids is 1. The average Bonchev–Trinajstić information content (AvgIpc) is 2.00. The first-order valence-electron chi connectivity index (χ1n) is 4.35. The highest BCUT2D eigenvalue weighted by Crippen LogP contribution is 1.95. The van der Waals surface area contributed by atoms with Crippen LogP contribution in [0.25, 0.3) is 0 Å². The van der Waals surface area contributed by atoms with Crippen LogP contribution in [0.1, 0.15) is 20.8 Å². The molecule has 0 radical (unpaired) electrons. The third-order valence-electron chi connectivity index (χ3n) is 1.69. The topological polar surface area (TPSA) is 67.2 Å². The maximum Gasteiger partial charge on any atom is 0.314 e. The smallest absolute Gasteiger partial charge is 0.314 e. The largest absolute Gasteiger partial charge is 0.338 e. The van der Waals surface area contributed by atoms with Crippen LogP contribution in [0.15, 0.2) is 0 Å². The van der Waals surface area contributed by atoms with Gasteiger partial charge in [-0.25, -0.2) is 4.79 Å². The lowest BCUT2D eigenvalue weighted by Crippen LogP contribution is -2.44. The third kappa shape index (κ3) is 4.96. The van der Waals surface area contributed by atoms with E-state index in [-0.39, 0.29) is 12.1 Å². The van der Waals surface area contributed by atoms with Crippen molar-refractivity contribution in [2.75, 3.05) is 13.1 Å². The molecule has 0 aliphatic carbocycles. The van der Waals surface area contributed by atoms with Crippen molar-refractivity contribution in [2.45, 2.75) is 26.8 Å². The summed E-state index contributed by atoms with van der Waals surface area (Å²) in [5, 5.41) is 5.32. The number of amides is 2. The van der Waals surface area contributed by atoms with E-state index in [0.717, 1.165) is 0 Å². The fourth-order valence-corrected chi connectivity index (χ4v) is 0.669. The number of hydrogen-bond acceptors (Lipinski definition) is 2. The van der Waals surface area contributed by atoms with Crippen molar-refractivity contribution >= 4 is 6.03 Å². The molecule has 0 heterocycles. The van der Waals surface area contributed by atoms with Gasteiger partial charge in [0.2, 0.25) is 0 Å². The van der Waals surface area contributed by atoms with E-state index in [1.807, 2.05) is 20.8 Å². The Kier molecular flexibility index (Phi) is 5.45. The molecule has 4 N–H and O–H groups in total. The highest BCUT2D eigenvalue weighted by molar-refractivity contribution is 5.73. The van der Waals surface area contributed by atoms with Crippen LogP contribution in [-0.2, 0) is 0 Å². The summed E-state index contributed by atoms with van der Waals surface area (Å²) in [5.74, 6) is 0.395. The molecule has 0 aromatic heterocycles. The van der Waals surface area contributed by atoms with Gasteiger partial charge in [-0.1, -0.05) is 13.8 Å². The zero-order valence-corrected chi connectivity index (χ0v) is 8.05. The maximum absolute atomic E-state index is 10.9. The van der Waals surface area contributed by atoms with E-state index in [1.54, 1.807) is 0 Å². The molecule has 4 nitrogen and oxygen atoms in total. The van der Waals surface area contributed by atoms with E-state index in [2.05, 4.69) is 10.6 Å². The quantitative estimate of drug-likeness (QED) is 0.572. The van der Waals surface area contributed by atoms with Crippen LogP contribution in [0, 0.1) is 5.92 Å². The van der Waals surface area contributed by atoms with Gasteiger partial charge < -0.3 is 16.4 Å². The molecule has 0 bridgehead atoms. The van der Waals surface area contributed by atoms with E-state index in [1.165, 1.54) is 0 Å². The average molecular weight is 173 g/mol. The lowest BCUT2D eigenvalue weighted by molar-refractivity contribution is 0.240. The molecular formula is C8H19N3O. The summed E-state index contributed by atoms with van der Waals surface area (Å²) in [6.45, 7) is 7.11. The molecule has 0 aliphatic rings. The van der Waals surface area contributed by atoms with Gasteiger partial charge in [-0.15, -0.1) is 0 Å². The second kappa shape index (κ2) is 5.83. The zero-order valence-electron chi connectivity index (χ0n) is 8.05. The van der Waals surface area contributed by atoms with Crippen LogP contribution in [0.4, 0.5) is 4.79 Å². The van der Waals surface area contributed by atoms with Gasteiger partial charge in [0.05, 0.1) is 0 Å². The molecule has 1 atom stereocenters. The van der Waals surface area contributed by atoms with E-state index < -0.39 is 0 Å². The fourth-order valence-electron chi connectivity index (χ4n) is 0.669. The second-order valence-corrected chi connectivity index (χ2v) is 3.15. The molecule has 0 fully saturated rings. The Morgan fingerprint density at radius 3 is 2.42 bits per heavy atom. The van der Waals surface area contributed by atoms with Gasteiger partial charge in [0, 0.05) is 19.1 Å². The maximum atomic E-state index is 10.9. The normalized spacial score (nSPS) is 12.8. The molecule has 0 aromatic rings. The molecule has 2 amide bonds. The SMILES string of the molecule is CCNC(=O)NCC(N)C(C)C. The lowest BCUT2D eigenvalue weighted by atomic mass is 10.1. The van der Waals surface area contributed by atoms with Gasteiger partial charge in [-0.3, -0.25) is 0 Å². The van der Waals surface area contributed by atoms with E-state index in [0.29, 0.717) is 19.0 Å². The molecule has 4 heteroatoms. The van der Waals surface area contributed by atoms with Crippen LogP contribution in [0.2, 0.25) is 0 Å². The van der Waals surface area contributed by atoms with Gasteiger partial charge in [0.15, 0.2) is 0 Å². The summed E-state index contributed by atoms with van der Waals surface area (Å²) in [6.07, 6.45) is 0. The number of hydrogen-bond donors (Lipinski definition) is 3. The van der Waals surface area contributed by atoms with E-state index >= 15 is 0 Å². The molecule has 12 heavy (non-hydrogen) atoms. The second-order valence-electron chi connectivity index (χ2n) is 3.15. The molecule has 0 spiro atoms. The summed E-state index contributed by atoms with van der Waals surface area (Å²) in [7, 11) is 0. The van der Waals surface area contributed by atoms with Gasteiger partial charge in [-0.2, -0.15) is 0 Å². The number of carbonyl (C=O) groups is 1. The number of nitrogens with two attached hydrogens (primary N) is 1. The summed E-state index contributed by atoms with van der Waals surface area (Å²) in [4.78, 5) is 10.9. The number of rotatable bonds is 4. The van der Waals surface area contributed by atoms with Crippen molar-refractivity contribution in [2.24, 2.45) is 11.7 Å². The van der Waals surface area contributed by atoms with Gasteiger partial charge >= 0.3 is 6.03 Å². The van der Waals surface area contributed by atoms with Gasteiger partial charge in [0.25, 0.3) is 0 Å². The van der Waals surface area contributed by atoms with Crippen molar-refractivity contribution in [1.29, 1.82) is 0 Å². The summed E-state index contributed by atoms with van der Waals surface area (Å²) < 4.78 is 0. The Labute approximate surface area is 73.9 Å².